The van der Waals surface area contributed by atoms with Gasteiger partial charge in [0.2, 0.25) is 5.91 Å². The molecular formula is C10H20N2O3. The first-order valence-electron chi connectivity index (χ1n) is 5.39. The highest BCUT2D eigenvalue weighted by Gasteiger charge is 2.32. The molecule has 88 valence electrons. The highest BCUT2D eigenvalue weighted by molar-refractivity contribution is 5.78. The second-order valence-corrected chi connectivity index (χ2v) is 4.09. The van der Waals surface area contributed by atoms with E-state index >= 15 is 0 Å². The van der Waals surface area contributed by atoms with E-state index in [4.69, 9.17) is 10.5 Å². The molecule has 0 bridgehead atoms. The summed E-state index contributed by atoms with van der Waals surface area (Å²) in [5.41, 5.74) is 4.57. The first-order chi connectivity index (χ1) is 7.11. The van der Waals surface area contributed by atoms with Gasteiger partial charge < -0.3 is 20.9 Å². The molecule has 2 atom stereocenters. The monoisotopic (exact) mass is 216 g/mol. The molecule has 1 heterocycles. The zero-order valence-corrected chi connectivity index (χ0v) is 9.16. The lowest BCUT2D eigenvalue weighted by Crippen LogP contribution is -2.46. The van der Waals surface area contributed by atoms with Crippen molar-refractivity contribution < 1.29 is 14.6 Å². The molecule has 1 saturated heterocycles. The van der Waals surface area contributed by atoms with Gasteiger partial charge in [0.15, 0.2) is 0 Å². The molecule has 1 amide bonds. The van der Waals surface area contributed by atoms with Gasteiger partial charge >= 0.3 is 0 Å². The summed E-state index contributed by atoms with van der Waals surface area (Å²) in [5.74, 6) is -0.240. The van der Waals surface area contributed by atoms with E-state index in [0.717, 1.165) is 6.42 Å². The molecule has 1 aliphatic heterocycles. The molecule has 0 aliphatic carbocycles. The van der Waals surface area contributed by atoms with Crippen molar-refractivity contribution in [3.63, 3.8) is 0 Å². The Morgan fingerprint density at radius 2 is 2.47 bits per heavy atom. The van der Waals surface area contributed by atoms with Gasteiger partial charge in [0.25, 0.3) is 0 Å². The van der Waals surface area contributed by atoms with Gasteiger partial charge in [0, 0.05) is 32.0 Å². The second-order valence-electron chi connectivity index (χ2n) is 4.09. The zero-order chi connectivity index (χ0) is 11.3. The normalized spacial score (nSPS) is 27.7. The van der Waals surface area contributed by atoms with Crippen molar-refractivity contribution in [2.45, 2.75) is 25.4 Å². The lowest BCUT2D eigenvalue weighted by Gasteiger charge is -2.22. The second kappa shape index (κ2) is 5.44. The van der Waals surface area contributed by atoms with E-state index in [9.17, 15) is 9.90 Å². The molecule has 1 aliphatic rings. The van der Waals surface area contributed by atoms with E-state index in [-0.39, 0.29) is 18.4 Å². The summed E-state index contributed by atoms with van der Waals surface area (Å²) in [5, 5.41) is 12.6. The molecule has 4 N–H and O–H groups in total. The van der Waals surface area contributed by atoms with E-state index in [1.807, 2.05) is 6.92 Å². The molecule has 15 heavy (non-hydrogen) atoms. The summed E-state index contributed by atoms with van der Waals surface area (Å²) >= 11 is 0. The van der Waals surface area contributed by atoms with Crippen molar-refractivity contribution in [2.24, 2.45) is 11.7 Å². The predicted molar refractivity (Wildman–Crippen MR) is 56.2 cm³/mol. The molecule has 0 aromatic rings. The van der Waals surface area contributed by atoms with Crippen molar-refractivity contribution in [1.29, 1.82) is 0 Å². The third kappa shape index (κ3) is 3.44. The molecule has 5 nitrogen and oxygen atoms in total. The molecule has 1 fully saturated rings. The van der Waals surface area contributed by atoms with Crippen LogP contribution in [0.25, 0.3) is 0 Å². The van der Waals surface area contributed by atoms with E-state index in [1.165, 1.54) is 0 Å². The van der Waals surface area contributed by atoms with Crippen molar-refractivity contribution in [3.8, 4) is 0 Å². The van der Waals surface area contributed by atoms with Crippen molar-refractivity contribution in [1.82, 2.24) is 5.32 Å². The SMILES string of the molecule is CCC(CN)C(=O)NCC1(O)CCOC1. The number of aliphatic hydroxyl groups is 1. The van der Waals surface area contributed by atoms with E-state index in [1.54, 1.807) is 0 Å². The van der Waals surface area contributed by atoms with Crippen LogP contribution in [0.2, 0.25) is 0 Å². The topological polar surface area (TPSA) is 84.6 Å². The van der Waals surface area contributed by atoms with E-state index in [0.29, 0.717) is 26.2 Å². The average Bonchev–Trinajstić information content (AvgIpc) is 2.65. The highest BCUT2D eigenvalue weighted by Crippen LogP contribution is 2.17. The fourth-order valence-electron chi connectivity index (χ4n) is 1.59. The number of nitrogens with two attached hydrogens (primary N) is 1. The Balaban J connectivity index is 2.32. The minimum absolute atomic E-state index is 0.0830. The lowest BCUT2D eigenvalue weighted by atomic mass is 10.0. The number of carbonyl (C=O) groups excluding carboxylic acids is 1. The summed E-state index contributed by atoms with van der Waals surface area (Å²) in [6.45, 7) is 3.37. The van der Waals surface area contributed by atoms with Crippen LogP contribution in [0.1, 0.15) is 19.8 Å². The van der Waals surface area contributed by atoms with Crippen molar-refractivity contribution >= 4 is 5.91 Å². The van der Waals surface area contributed by atoms with Gasteiger partial charge in [-0.3, -0.25) is 4.79 Å². The molecule has 5 heteroatoms. The Hall–Kier alpha value is -0.650. The van der Waals surface area contributed by atoms with Gasteiger partial charge in [-0.2, -0.15) is 0 Å². The lowest BCUT2D eigenvalue weighted by molar-refractivity contribution is -0.126. The summed E-state index contributed by atoms with van der Waals surface area (Å²) in [7, 11) is 0. The minimum atomic E-state index is -0.886. The Bertz CT molecular complexity index is 211. The van der Waals surface area contributed by atoms with Crippen LogP contribution in [0.4, 0.5) is 0 Å². The summed E-state index contributed by atoms with van der Waals surface area (Å²) in [4.78, 5) is 11.6. The van der Waals surface area contributed by atoms with Crippen LogP contribution in [0.15, 0.2) is 0 Å². The predicted octanol–water partition coefficient (Wildman–Crippen LogP) is -0.761. The number of amides is 1. The van der Waals surface area contributed by atoms with Crippen LogP contribution in [0, 0.1) is 5.92 Å². The van der Waals surface area contributed by atoms with Crippen molar-refractivity contribution in [3.05, 3.63) is 0 Å². The highest BCUT2D eigenvalue weighted by atomic mass is 16.5. The first-order valence-corrected chi connectivity index (χ1v) is 5.39. The molecular weight excluding hydrogens is 196 g/mol. The van der Waals surface area contributed by atoms with Crippen LogP contribution >= 0.6 is 0 Å². The molecule has 2 unspecified atom stereocenters. The first kappa shape index (κ1) is 12.4. The fourth-order valence-corrected chi connectivity index (χ4v) is 1.59. The third-order valence-corrected chi connectivity index (χ3v) is 2.82. The minimum Gasteiger partial charge on any atom is -0.386 e. The molecule has 1 rings (SSSR count). The standard InChI is InChI=1S/C10H20N2O3/c1-2-8(5-11)9(13)12-6-10(14)3-4-15-7-10/h8,14H,2-7,11H2,1H3,(H,12,13). The number of rotatable bonds is 5. The Labute approximate surface area is 90.0 Å². The van der Waals surface area contributed by atoms with Gasteiger partial charge in [-0.25, -0.2) is 0 Å². The maximum Gasteiger partial charge on any atom is 0.224 e. The van der Waals surface area contributed by atoms with Crippen LogP contribution < -0.4 is 11.1 Å². The smallest absolute Gasteiger partial charge is 0.224 e. The number of ether oxygens (including phenoxy) is 1. The molecule has 0 saturated carbocycles. The van der Waals surface area contributed by atoms with Crippen LogP contribution in [-0.4, -0.2) is 42.9 Å². The maximum atomic E-state index is 11.6. The number of nitrogens with one attached hydrogen (secondary N) is 1. The van der Waals surface area contributed by atoms with Crippen LogP contribution in [0.3, 0.4) is 0 Å². The Morgan fingerprint density at radius 3 is 2.93 bits per heavy atom. The van der Waals surface area contributed by atoms with E-state index < -0.39 is 5.60 Å². The van der Waals surface area contributed by atoms with E-state index in [2.05, 4.69) is 5.32 Å². The molecule has 0 aromatic carbocycles. The van der Waals surface area contributed by atoms with Crippen molar-refractivity contribution in [2.75, 3.05) is 26.3 Å². The number of carbonyl (C=O) groups is 1. The van der Waals surface area contributed by atoms with Gasteiger partial charge in [-0.05, 0) is 6.42 Å². The van der Waals surface area contributed by atoms with Crippen LogP contribution in [-0.2, 0) is 9.53 Å². The zero-order valence-electron chi connectivity index (χ0n) is 9.16. The maximum absolute atomic E-state index is 11.6. The molecule has 0 radical (unpaired) electrons. The average molecular weight is 216 g/mol. The fraction of sp³-hybridized carbons (Fsp3) is 0.900. The molecule has 0 spiro atoms. The van der Waals surface area contributed by atoms with Gasteiger partial charge in [0.1, 0.15) is 5.60 Å². The van der Waals surface area contributed by atoms with Gasteiger partial charge in [-0.15, -0.1) is 0 Å². The Morgan fingerprint density at radius 1 is 1.73 bits per heavy atom. The summed E-state index contributed by atoms with van der Waals surface area (Å²) in [6.07, 6.45) is 1.30. The summed E-state index contributed by atoms with van der Waals surface area (Å²) < 4.78 is 5.08. The largest absolute Gasteiger partial charge is 0.386 e. The Kier molecular flexibility index (Phi) is 4.50. The van der Waals surface area contributed by atoms with Crippen LogP contribution in [0.5, 0.6) is 0 Å². The molecule has 0 aromatic heterocycles. The third-order valence-electron chi connectivity index (χ3n) is 2.82. The van der Waals surface area contributed by atoms with Gasteiger partial charge in [0.05, 0.1) is 6.61 Å². The quantitative estimate of drug-likeness (QED) is 0.564. The van der Waals surface area contributed by atoms with Gasteiger partial charge in [-0.1, -0.05) is 6.92 Å². The number of hydrogen-bond acceptors (Lipinski definition) is 4. The number of hydrogen-bond donors (Lipinski definition) is 3. The summed E-state index contributed by atoms with van der Waals surface area (Å²) in [6, 6.07) is 0.